The average Bonchev–Trinajstić information content (AvgIpc) is 3.75. The molecule has 2 aromatic carbocycles. The number of hydrogen-bond acceptors (Lipinski definition) is 14. The van der Waals surface area contributed by atoms with Crippen LogP contribution in [-0.2, 0) is 5.75 Å². The van der Waals surface area contributed by atoms with Crippen LogP contribution in [0.4, 0.5) is 5.82 Å². The second kappa shape index (κ2) is 13.5. The third kappa shape index (κ3) is 6.89. The largest absolute Gasteiger partial charge is 0.490 e. The minimum atomic E-state index is -0.609. The van der Waals surface area contributed by atoms with Crippen LogP contribution < -0.4 is 20.6 Å². The van der Waals surface area contributed by atoms with Crippen molar-refractivity contribution in [1.29, 1.82) is 0 Å². The van der Waals surface area contributed by atoms with Crippen molar-refractivity contribution < 1.29 is 23.7 Å². The van der Waals surface area contributed by atoms with Crippen molar-refractivity contribution >= 4 is 63.4 Å². The van der Waals surface area contributed by atoms with Gasteiger partial charge >= 0.3 is 5.97 Å². The van der Waals surface area contributed by atoms with E-state index < -0.39 is 11.9 Å². The molecule has 0 saturated heterocycles. The zero-order valence-electron chi connectivity index (χ0n) is 21.9. The van der Waals surface area contributed by atoms with Crippen LogP contribution >= 0.6 is 35.1 Å². The summed E-state index contributed by atoms with van der Waals surface area (Å²) < 4.78 is 18.1. The fraction of sp³-hybridized carbons (Fsp3) is 0.200. The quantitative estimate of drug-likeness (QED) is 0.113. The maximum absolute atomic E-state index is 13.1. The Hall–Kier alpha value is -4.41. The fourth-order valence-electron chi connectivity index (χ4n) is 3.57. The van der Waals surface area contributed by atoms with Crippen LogP contribution in [0.5, 0.6) is 11.5 Å². The number of carbonyl (C=O) groups excluding carboxylic acids is 2. The summed E-state index contributed by atoms with van der Waals surface area (Å²) in [5.74, 6) is 0.697. The maximum atomic E-state index is 13.1. The van der Waals surface area contributed by atoms with Crippen molar-refractivity contribution in [3.05, 3.63) is 70.0 Å². The molecule has 42 heavy (non-hydrogen) atoms. The molecular weight excluding hydrogens is 606 g/mol. The molecule has 0 fully saturated rings. The van der Waals surface area contributed by atoms with E-state index in [0.29, 0.717) is 40.0 Å². The normalized spacial score (nSPS) is 12.9. The van der Waals surface area contributed by atoms with Crippen LogP contribution in [0.15, 0.2) is 57.2 Å². The Morgan fingerprint density at radius 2 is 2.07 bits per heavy atom. The summed E-state index contributed by atoms with van der Waals surface area (Å²) in [5.41, 5.74) is 9.63. The van der Waals surface area contributed by atoms with Gasteiger partial charge in [0.15, 0.2) is 17.2 Å². The SMILES string of the molecule is CCOc1cc(C=NNC(=O)c2nnn(-c3nonc3N)c2CSC2=NCCS2)ccc1OC(=O)c1ccc(Cl)cc1. The molecule has 0 saturated carbocycles. The number of amides is 1. The number of thioether (sulfide) groups is 2. The van der Waals surface area contributed by atoms with E-state index in [4.69, 9.17) is 26.8 Å². The van der Waals surface area contributed by atoms with E-state index in [0.717, 1.165) is 16.7 Å². The Morgan fingerprint density at radius 1 is 1.24 bits per heavy atom. The van der Waals surface area contributed by atoms with E-state index in [2.05, 4.69) is 40.8 Å². The molecular formula is C25H22ClN9O5S2. The number of hydrogen-bond donors (Lipinski definition) is 2. The van der Waals surface area contributed by atoms with Crippen molar-refractivity contribution in [1.82, 2.24) is 30.7 Å². The molecule has 3 N–H and O–H groups in total. The number of nitrogen functional groups attached to an aromatic ring is 1. The van der Waals surface area contributed by atoms with Crippen LogP contribution in [-0.4, -0.2) is 66.7 Å². The summed E-state index contributed by atoms with van der Waals surface area (Å²) in [4.78, 5) is 30.0. The minimum Gasteiger partial charge on any atom is -0.490 e. The Bertz CT molecular complexity index is 1660. The maximum Gasteiger partial charge on any atom is 0.343 e. The van der Waals surface area contributed by atoms with E-state index in [-0.39, 0.29) is 23.1 Å². The van der Waals surface area contributed by atoms with Crippen molar-refractivity contribution in [3.8, 4) is 17.3 Å². The Balaban J connectivity index is 1.30. The second-order valence-electron chi connectivity index (χ2n) is 8.29. The number of carbonyl (C=O) groups is 2. The summed E-state index contributed by atoms with van der Waals surface area (Å²) in [5, 5.41) is 19.9. The highest BCUT2D eigenvalue weighted by atomic mass is 35.5. The van der Waals surface area contributed by atoms with Gasteiger partial charge in [0.2, 0.25) is 11.6 Å². The predicted octanol–water partition coefficient (Wildman–Crippen LogP) is 3.60. The highest BCUT2D eigenvalue weighted by Crippen LogP contribution is 2.30. The molecule has 17 heteroatoms. The zero-order chi connectivity index (χ0) is 29.5. The van der Waals surface area contributed by atoms with Crippen molar-refractivity contribution in [3.63, 3.8) is 0 Å². The predicted molar refractivity (Wildman–Crippen MR) is 159 cm³/mol. The first-order valence-electron chi connectivity index (χ1n) is 12.3. The fourth-order valence-corrected chi connectivity index (χ4v) is 5.70. The molecule has 1 amide bonds. The number of benzene rings is 2. The van der Waals surface area contributed by atoms with Gasteiger partial charge < -0.3 is 15.2 Å². The van der Waals surface area contributed by atoms with Gasteiger partial charge in [0.05, 0.1) is 30.6 Å². The molecule has 0 aliphatic carbocycles. The van der Waals surface area contributed by atoms with E-state index in [9.17, 15) is 9.59 Å². The van der Waals surface area contributed by atoms with Crippen LogP contribution in [0.3, 0.4) is 0 Å². The molecule has 2 aromatic heterocycles. The van der Waals surface area contributed by atoms with Gasteiger partial charge in [-0.1, -0.05) is 40.3 Å². The number of anilines is 1. The van der Waals surface area contributed by atoms with Gasteiger partial charge in [-0.3, -0.25) is 9.79 Å². The number of aliphatic imine (C=N–C) groups is 1. The lowest BCUT2D eigenvalue weighted by atomic mass is 10.2. The Kier molecular flexibility index (Phi) is 9.35. The van der Waals surface area contributed by atoms with Gasteiger partial charge in [-0.05, 0) is 65.3 Å². The molecule has 0 unspecified atom stereocenters. The number of aromatic nitrogens is 5. The molecule has 1 aliphatic rings. The Morgan fingerprint density at radius 3 is 2.79 bits per heavy atom. The summed E-state index contributed by atoms with van der Waals surface area (Å²) in [6.07, 6.45) is 1.41. The lowest BCUT2D eigenvalue weighted by molar-refractivity contribution is 0.0728. The van der Waals surface area contributed by atoms with Crippen molar-refractivity contribution in [2.75, 3.05) is 24.6 Å². The minimum absolute atomic E-state index is 0.00361. The van der Waals surface area contributed by atoms with E-state index in [1.54, 1.807) is 61.2 Å². The van der Waals surface area contributed by atoms with Crippen LogP contribution in [0.25, 0.3) is 5.82 Å². The summed E-state index contributed by atoms with van der Waals surface area (Å²) in [6, 6.07) is 11.2. The Labute approximate surface area is 252 Å². The van der Waals surface area contributed by atoms with Gasteiger partial charge in [-0.2, -0.15) is 9.78 Å². The number of nitrogens with two attached hydrogens (primary N) is 1. The van der Waals surface area contributed by atoms with Gasteiger partial charge in [0.1, 0.15) is 4.38 Å². The molecule has 1 aliphatic heterocycles. The number of halogens is 1. The topological polar surface area (TPSA) is 185 Å². The molecule has 14 nitrogen and oxygen atoms in total. The molecule has 5 rings (SSSR count). The molecule has 4 aromatic rings. The monoisotopic (exact) mass is 627 g/mol. The van der Waals surface area contributed by atoms with Gasteiger partial charge in [-0.25, -0.2) is 14.8 Å². The van der Waals surface area contributed by atoms with Crippen molar-refractivity contribution in [2.45, 2.75) is 12.7 Å². The lowest BCUT2D eigenvalue weighted by Gasteiger charge is -2.11. The van der Waals surface area contributed by atoms with Crippen LogP contribution in [0.2, 0.25) is 5.02 Å². The standard InChI is InChI=1S/C25H22ClN9O5S2/c1-2-38-19-11-14(3-8-18(19)39-24(37)15-4-6-16(26)7-5-15)12-29-31-23(36)20-17(13-42-25-28-9-10-41-25)35(34-30-20)22-21(27)32-40-33-22/h3-8,11-12H,2,9-10,13H2,1H3,(H2,27,32)(H,31,36). The van der Waals surface area contributed by atoms with Gasteiger partial charge in [0, 0.05) is 16.5 Å². The van der Waals surface area contributed by atoms with E-state index in [1.165, 1.54) is 22.7 Å². The summed E-state index contributed by atoms with van der Waals surface area (Å²) in [7, 11) is 0. The number of nitrogens with zero attached hydrogens (tertiary/aromatic N) is 7. The first-order chi connectivity index (χ1) is 20.4. The highest BCUT2D eigenvalue weighted by molar-refractivity contribution is 8.38. The first kappa shape index (κ1) is 29.1. The number of rotatable bonds is 10. The van der Waals surface area contributed by atoms with Gasteiger partial charge in [-0.15, -0.1) is 5.10 Å². The molecule has 3 heterocycles. The number of esters is 1. The lowest BCUT2D eigenvalue weighted by Crippen LogP contribution is -2.20. The molecule has 0 spiro atoms. The molecule has 0 bridgehead atoms. The second-order valence-corrected chi connectivity index (χ2v) is 11.0. The first-order valence-corrected chi connectivity index (χ1v) is 14.7. The smallest absolute Gasteiger partial charge is 0.343 e. The number of ether oxygens (including phenoxy) is 2. The molecule has 216 valence electrons. The third-order valence-corrected chi connectivity index (χ3v) is 8.01. The number of nitrogens with one attached hydrogen (secondary N) is 1. The molecule has 0 radical (unpaired) electrons. The third-order valence-electron chi connectivity index (χ3n) is 5.49. The van der Waals surface area contributed by atoms with Crippen LogP contribution in [0.1, 0.15) is 39.0 Å². The van der Waals surface area contributed by atoms with E-state index in [1.807, 2.05) is 0 Å². The molecule has 0 atom stereocenters. The van der Waals surface area contributed by atoms with E-state index >= 15 is 0 Å². The average molecular weight is 628 g/mol. The number of hydrazone groups is 1. The zero-order valence-corrected chi connectivity index (χ0v) is 24.3. The summed E-state index contributed by atoms with van der Waals surface area (Å²) >= 11 is 8.96. The van der Waals surface area contributed by atoms with Crippen molar-refractivity contribution in [2.24, 2.45) is 10.1 Å². The summed E-state index contributed by atoms with van der Waals surface area (Å²) in [6.45, 7) is 2.87. The van der Waals surface area contributed by atoms with Gasteiger partial charge in [0.25, 0.3) is 5.91 Å². The van der Waals surface area contributed by atoms with Crippen LogP contribution in [0, 0.1) is 0 Å². The highest BCUT2D eigenvalue weighted by Gasteiger charge is 2.25.